The molecule has 5 aliphatic rings. The van der Waals surface area contributed by atoms with Crippen LogP contribution in [0.15, 0.2) is 91.0 Å². The maximum absolute atomic E-state index is 9.24. The Morgan fingerprint density at radius 3 is 1.49 bits per heavy atom. The average molecular weight is 874 g/mol. The van der Waals surface area contributed by atoms with E-state index >= 15 is 0 Å². The third kappa shape index (κ3) is 5.71. The molecular formula is C61H67BN2S. The van der Waals surface area contributed by atoms with E-state index in [1.807, 2.05) is 11.3 Å². The number of thiophene rings is 1. The second-order valence-electron chi connectivity index (χ2n) is 24.9. The van der Waals surface area contributed by atoms with E-state index in [4.69, 9.17) is 0 Å². The van der Waals surface area contributed by atoms with Crippen LogP contribution in [0.25, 0.3) is 20.2 Å². The molecule has 3 heterocycles. The molecule has 0 radical (unpaired) electrons. The number of benzene rings is 6. The molecule has 0 saturated heterocycles. The molecule has 0 unspecified atom stereocenters. The fourth-order valence-electron chi connectivity index (χ4n) is 13.9. The van der Waals surface area contributed by atoms with Crippen LogP contribution in [0.5, 0.6) is 0 Å². The van der Waals surface area contributed by atoms with E-state index in [1.165, 1.54) is 86.9 Å². The number of aryl methyl sites for hydroxylation is 2. The minimum atomic E-state index is -2.36. The first kappa shape index (κ1) is 38.3. The summed E-state index contributed by atoms with van der Waals surface area (Å²) < 4.78 is 30.2. The number of anilines is 6. The number of nitrogens with zero attached hydrogens (tertiary/aromatic N) is 2. The van der Waals surface area contributed by atoms with Crippen LogP contribution >= 0.6 is 11.3 Å². The third-order valence-electron chi connectivity index (χ3n) is 17.6. The second-order valence-corrected chi connectivity index (χ2v) is 25.9. The van der Waals surface area contributed by atoms with Crippen molar-refractivity contribution in [3.63, 3.8) is 0 Å². The zero-order valence-electron chi connectivity index (χ0n) is 44.1. The molecule has 0 atom stereocenters. The number of hydrogen-bond donors (Lipinski definition) is 0. The van der Waals surface area contributed by atoms with Gasteiger partial charge in [0.2, 0.25) is 0 Å². The molecule has 0 bridgehead atoms. The van der Waals surface area contributed by atoms with Gasteiger partial charge in [-0.05, 0) is 182 Å². The van der Waals surface area contributed by atoms with Gasteiger partial charge in [-0.25, -0.2) is 0 Å². The lowest BCUT2D eigenvalue weighted by atomic mass is 9.32. The molecule has 65 heavy (non-hydrogen) atoms. The van der Waals surface area contributed by atoms with Crippen LogP contribution in [-0.4, -0.2) is 6.71 Å². The molecule has 2 aliphatic heterocycles. The zero-order chi connectivity index (χ0) is 48.2. The highest BCUT2D eigenvalue weighted by molar-refractivity contribution is 7.26. The van der Waals surface area contributed by atoms with Crippen LogP contribution in [0.2, 0.25) is 0 Å². The van der Waals surface area contributed by atoms with Crippen LogP contribution in [0.1, 0.15) is 164 Å². The van der Waals surface area contributed by atoms with Crippen molar-refractivity contribution in [1.29, 1.82) is 0 Å². The minimum Gasteiger partial charge on any atom is -0.311 e. The van der Waals surface area contributed by atoms with Gasteiger partial charge in [-0.2, -0.15) is 0 Å². The smallest absolute Gasteiger partial charge is 0.252 e. The molecule has 330 valence electrons. The Bertz CT molecular complexity index is 3360. The summed E-state index contributed by atoms with van der Waals surface area (Å²) in [5.41, 5.74) is 20.4. The number of hydrogen-bond acceptors (Lipinski definition) is 3. The first-order valence-electron chi connectivity index (χ1n) is 25.9. The summed E-state index contributed by atoms with van der Waals surface area (Å²) in [6.07, 6.45) is 5.53. The van der Waals surface area contributed by atoms with Gasteiger partial charge in [0.25, 0.3) is 6.71 Å². The normalized spacial score (nSPS) is 21.7. The number of rotatable bonds is 2. The summed E-state index contributed by atoms with van der Waals surface area (Å²) in [5, 5.41) is 2.49. The fraction of sp³-hybridized carbons (Fsp3) is 0.410. The molecule has 0 saturated carbocycles. The highest BCUT2D eigenvalue weighted by Gasteiger charge is 2.50. The van der Waals surface area contributed by atoms with Crippen molar-refractivity contribution in [3.8, 4) is 0 Å². The first-order chi connectivity index (χ1) is 31.7. The molecular weight excluding hydrogens is 804 g/mol. The van der Waals surface area contributed by atoms with Gasteiger partial charge in [-0.15, -0.1) is 11.3 Å². The Hall–Kier alpha value is -4.80. The van der Waals surface area contributed by atoms with Crippen molar-refractivity contribution < 1.29 is 4.11 Å². The van der Waals surface area contributed by atoms with Gasteiger partial charge in [0, 0.05) is 48.0 Å². The second kappa shape index (κ2) is 13.0. The van der Waals surface area contributed by atoms with Crippen LogP contribution in [0.3, 0.4) is 0 Å². The van der Waals surface area contributed by atoms with Crippen molar-refractivity contribution >= 4 is 88.7 Å². The van der Waals surface area contributed by atoms with Crippen molar-refractivity contribution in [3.05, 3.63) is 136 Å². The Morgan fingerprint density at radius 2 is 0.938 bits per heavy atom. The molecule has 1 aromatic heterocycles. The first-order valence-corrected chi connectivity index (χ1v) is 25.2. The van der Waals surface area contributed by atoms with E-state index in [0.29, 0.717) is 5.56 Å². The lowest BCUT2D eigenvalue weighted by Gasteiger charge is -2.49. The van der Waals surface area contributed by atoms with Crippen LogP contribution in [0.4, 0.5) is 34.1 Å². The molecule has 6 aromatic carbocycles. The number of fused-ring (bicyclic) bond motifs is 10. The van der Waals surface area contributed by atoms with Gasteiger partial charge >= 0.3 is 0 Å². The average Bonchev–Trinajstić information content (AvgIpc) is 3.72. The molecule has 3 aliphatic carbocycles. The van der Waals surface area contributed by atoms with Crippen molar-refractivity contribution in [2.45, 2.75) is 161 Å². The summed E-state index contributed by atoms with van der Waals surface area (Å²) in [7, 11) is 0. The van der Waals surface area contributed by atoms with Crippen molar-refractivity contribution in [1.82, 2.24) is 0 Å². The van der Waals surface area contributed by atoms with Gasteiger partial charge in [0.05, 0.1) is 10.4 Å². The molecule has 4 heteroatoms. The summed E-state index contributed by atoms with van der Waals surface area (Å²) in [5.74, 6) is 0. The molecule has 2 nitrogen and oxygen atoms in total. The standard InChI is InChI=1S/C61H67BN2S/c1-35-26-51-54-52(27-35)64(48-31-44-39(28-36(48)2)60(11,12)34-61(44,13)14)50-33-43-41(57(5,6)23-25-59(43,9)10)30-46(50)62(54)45-29-40-42(58(7,8)24-22-56(40,3)4)32-49(45)63(51)47-20-17-19-38-37-18-15-16-21-53(37)65-55(38)47/h15-21,26-33H,22-25,34H2,1-14H3/i1D3. The lowest BCUT2D eigenvalue weighted by Crippen LogP contribution is -2.62. The highest BCUT2D eigenvalue weighted by atomic mass is 32.1. The summed E-state index contributed by atoms with van der Waals surface area (Å²) >= 11 is 1.84. The maximum atomic E-state index is 9.24. The Kier molecular flexibility index (Phi) is 7.67. The minimum absolute atomic E-state index is 0.0136. The van der Waals surface area contributed by atoms with E-state index in [2.05, 4.69) is 191 Å². The SMILES string of the molecule is [2H]C([2H])([2H])c1cc2c3c(c1)N(c1cccc4c1sc1ccccc14)c1cc4c(cc1B3c1cc3c(cc1N2c1cc2c(cc1C)C(C)(C)CC2(C)C)C(C)(C)CCC3(C)C)C(C)(C)CCC4(C)C. The molecule has 0 amide bonds. The van der Waals surface area contributed by atoms with Crippen molar-refractivity contribution in [2.24, 2.45) is 0 Å². The van der Waals surface area contributed by atoms with Gasteiger partial charge in [-0.3, -0.25) is 0 Å². The molecule has 0 N–H and O–H groups in total. The molecule has 7 aromatic rings. The largest absolute Gasteiger partial charge is 0.311 e. The molecule has 12 rings (SSSR count). The lowest BCUT2D eigenvalue weighted by molar-refractivity contribution is 0.332. The summed E-state index contributed by atoms with van der Waals surface area (Å²) in [4.78, 5) is 5.04. The fourth-order valence-corrected chi connectivity index (χ4v) is 15.1. The molecule has 0 spiro atoms. The van der Waals surface area contributed by atoms with Gasteiger partial charge in [0.1, 0.15) is 0 Å². The van der Waals surface area contributed by atoms with Crippen LogP contribution in [-0.2, 0) is 32.5 Å². The van der Waals surface area contributed by atoms with E-state index in [0.717, 1.165) is 54.9 Å². The van der Waals surface area contributed by atoms with E-state index in [-0.39, 0.29) is 39.2 Å². The topological polar surface area (TPSA) is 6.48 Å². The highest BCUT2D eigenvalue weighted by Crippen LogP contribution is 2.56. The Labute approximate surface area is 397 Å². The monoisotopic (exact) mass is 874 g/mol. The van der Waals surface area contributed by atoms with Crippen LogP contribution < -0.4 is 26.2 Å². The van der Waals surface area contributed by atoms with Gasteiger partial charge < -0.3 is 9.80 Å². The summed E-state index contributed by atoms with van der Waals surface area (Å²) in [6.45, 7) is 28.9. The van der Waals surface area contributed by atoms with Crippen molar-refractivity contribution in [2.75, 3.05) is 9.80 Å². The zero-order valence-corrected chi connectivity index (χ0v) is 41.9. The van der Waals surface area contributed by atoms with E-state index in [1.54, 1.807) is 0 Å². The van der Waals surface area contributed by atoms with E-state index in [9.17, 15) is 4.11 Å². The molecule has 0 fully saturated rings. The third-order valence-corrected chi connectivity index (χ3v) is 18.8. The van der Waals surface area contributed by atoms with Gasteiger partial charge in [0.15, 0.2) is 0 Å². The Morgan fingerprint density at radius 1 is 0.477 bits per heavy atom. The summed E-state index contributed by atoms with van der Waals surface area (Å²) in [6, 6.07) is 35.0. The predicted octanol–water partition coefficient (Wildman–Crippen LogP) is 15.4. The Balaban J connectivity index is 1.27. The van der Waals surface area contributed by atoms with Crippen LogP contribution in [0, 0.1) is 13.8 Å². The van der Waals surface area contributed by atoms with Gasteiger partial charge in [-0.1, -0.05) is 132 Å². The maximum Gasteiger partial charge on any atom is 0.252 e. The predicted molar refractivity (Wildman–Crippen MR) is 284 cm³/mol. The quantitative estimate of drug-likeness (QED) is 0.160. The van der Waals surface area contributed by atoms with E-state index < -0.39 is 6.85 Å².